The SMILES string of the molecule is CN(C(=O)OC(C)(C)C)C(C)(C=O)CC(C)(C)C. The van der Waals surface area contributed by atoms with Gasteiger partial charge in [-0.05, 0) is 39.5 Å². The molecule has 0 aliphatic rings. The Morgan fingerprint density at radius 3 is 1.83 bits per heavy atom. The van der Waals surface area contributed by atoms with E-state index in [1.807, 2.05) is 20.8 Å². The van der Waals surface area contributed by atoms with Gasteiger partial charge in [-0.1, -0.05) is 20.8 Å². The molecule has 0 fully saturated rings. The molecule has 0 aliphatic carbocycles. The highest BCUT2D eigenvalue weighted by Crippen LogP contribution is 2.30. The Hall–Kier alpha value is -1.06. The Morgan fingerprint density at radius 1 is 1.11 bits per heavy atom. The first-order chi connectivity index (χ1) is 7.81. The molecule has 0 saturated carbocycles. The smallest absolute Gasteiger partial charge is 0.410 e. The second kappa shape index (κ2) is 5.29. The average molecular weight is 257 g/mol. The maximum atomic E-state index is 12.0. The first-order valence-electron chi connectivity index (χ1n) is 6.24. The molecule has 1 amide bonds. The van der Waals surface area contributed by atoms with E-state index in [1.165, 1.54) is 4.90 Å². The van der Waals surface area contributed by atoms with Crippen molar-refractivity contribution in [1.29, 1.82) is 0 Å². The largest absolute Gasteiger partial charge is 0.444 e. The fourth-order valence-electron chi connectivity index (χ4n) is 1.85. The van der Waals surface area contributed by atoms with E-state index in [4.69, 9.17) is 4.74 Å². The summed E-state index contributed by atoms with van der Waals surface area (Å²) >= 11 is 0. The lowest BCUT2D eigenvalue weighted by Crippen LogP contribution is -2.52. The van der Waals surface area contributed by atoms with Crippen molar-refractivity contribution in [1.82, 2.24) is 4.90 Å². The molecule has 106 valence electrons. The van der Waals surface area contributed by atoms with Gasteiger partial charge in [-0.2, -0.15) is 0 Å². The summed E-state index contributed by atoms with van der Waals surface area (Å²) in [6, 6.07) is 0. The Labute approximate surface area is 111 Å². The molecule has 0 spiro atoms. The molecular weight excluding hydrogens is 230 g/mol. The monoisotopic (exact) mass is 257 g/mol. The van der Waals surface area contributed by atoms with Gasteiger partial charge in [0.05, 0.1) is 5.54 Å². The molecule has 1 unspecified atom stereocenters. The van der Waals surface area contributed by atoms with Crippen LogP contribution in [0.15, 0.2) is 0 Å². The molecule has 0 aliphatic heterocycles. The van der Waals surface area contributed by atoms with Gasteiger partial charge in [0, 0.05) is 7.05 Å². The van der Waals surface area contributed by atoms with E-state index in [-0.39, 0.29) is 5.41 Å². The number of carbonyl (C=O) groups is 2. The zero-order valence-corrected chi connectivity index (χ0v) is 13.0. The molecule has 0 N–H and O–H groups in total. The minimum Gasteiger partial charge on any atom is -0.444 e. The number of amides is 1. The second-order valence-electron chi connectivity index (χ2n) is 7.25. The minimum atomic E-state index is -0.847. The lowest BCUT2D eigenvalue weighted by Gasteiger charge is -2.39. The molecule has 0 radical (unpaired) electrons. The lowest BCUT2D eigenvalue weighted by molar-refractivity contribution is -0.118. The van der Waals surface area contributed by atoms with Gasteiger partial charge in [0.1, 0.15) is 11.9 Å². The van der Waals surface area contributed by atoms with Crippen LogP contribution < -0.4 is 0 Å². The van der Waals surface area contributed by atoms with Crippen LogP contribution in [-0.4, -0.2) is 35.5 Å². The van der Waals surface area contributed by atoms with Crippen LogP contribution in [0.5, 0.6) is 0 Å². The summed E-state index contributed by atoms with van der Waals surface area (Å²) in [5, 5.41) is 0. The minimum absolute atomic E-state index is 0.0497. The van der Waals surface area contributed by atoms with Gasteiger partial charge in [-0.25, -0.2) is 4.79 Å². The van der Waals surface area contributed by atoms with E-state index in [0.717, 1.165) is 6.29 Å². The van der Waals surface area contributed by atoms with Crippen LogP contribution in [0.2, 0.25) is 0 Å². The van der Waals surface area contributed by atoms with Gasteiger partial charge in [0.2, 0.25) is 0 Å². The summed E-state index contributed by atoms with van der Waals surface area (Å²) in [4.78, 5) is 24.7. The van der Waals surface area contributed by atoms with E-state index in [0.29, 0.717) is 6.42 Å². The molecular formula is C14H27NO3. The maximum Gasteiger partial charge on any atom is 0.410 e. The summed E-state index contributed by atoms with van der Waals surface area (Å²) in [6.45, 7) is 13.3. The zero-order valence-electron chi connectivity index (χ0n) is 13.0. The van der Waals surface area contributed by atoms with Crippen LogP contribution in [0.4, 0.5) is 4.79 Å². The van der Waals surface area contributed by atoms with Crippen molar-refractivity contribution in [2.75, 3.05) is 7.05 Å². The molecule has 0 rings (SSSR count). The zero-order chi connectivity index (χ0) is 14.8. The van der Waals surface area contributed by atoms with Gasteiger partial charge in [-0.3, -0.25) is 4.90 Å². The Balaban J connectivity index is 4.96. The van der Waals surface area contributed by atoms with Gasteiger partial charge in [0.25, 0.3) is 0 Å². The van der Waals surface area contributed by atoms with E-state index < -0.39 is 17.2 Å². The third-order valence-corrected chi connectivity index (χ3v) is 2.58. The predicted molar refractivity (Wildman–Crippen MR) is 72.5 cm³/mol. The maximum absolute atomic E-state index is 12.0. The quantitative estimate of drug-likeness (QED) is 0.729. The number of nitrogens with zero attached hydrogens (tertiary/aromatic N) is 1. The van der Waals surface area contributed by atoms with Crippen molar-refractivity contribution in [3.8, 4) is 0 Å². The van der Waals surface area contributed by atoms with Crippen molar-refractivity contribution in [3.05, 3.63) is 0 Å². The van der Waals surface area contributed by atoms with Gasteiger partial charge >= 0.3 is 6.09 Å². The highest BCUT2D eigenvalue weighted by atomic mass is 16.6. The summed E-state index contributed by atoms with van der Waals surface area (Å²) in [5.74, 6) is 0. The van der Waals surface area contributed by atoms with Gasteiger partial charge in [0.15, 0.2) is 0 Å². The predicted octanol–water partition coefficient (Wildman–Crippen LogP) is 3.25. The van der Waals surface area contributed by atoms with E-state index in [1.54, 1.807) is 34.7 Å². The number of likely N-dealkylation sites (N-methyl/N-ethyl adjacent to an activating group) is 1. The topological polar surface area (TPSA) is 46.6 Å². The highest BCUT2D eigenvalue weighted by Gasteiger charge is 2.38. The third-order valence-electron chi connectivity index (χ3n) is 2.58. The molecule has 0 bridgehead atoms. The molecule has 4 nitrogen and oxygen atoms in total. The van der Waals surface area contributed by atoms with Crippen LogP contribution in [0.1, 0.15) is 54.9 Å². The normalized spacial score (nSPS) is 15.8. The van der Waals surface area contributed by atoms with Crippen LogP contribution in [0.3, 0.4) is 0 Å². The first-order valence-corrected chi connectivity index (χ1v) is 6.24. The first kappa shape index (κ1) is 16.9. The number of rotatable bonds is 3. The van der Waals surface area contributed by atoms with E-state index in [9.17, 15) is 9.59 Å². The Morgan fingerprint density at radius 2 is 1.56 bits per heavy atom. The number of hydrogen-bond acceptors (Lipinski definition) is 3. The lowest BCUT2D eigenvalue weighted by atomic mass is 9.81. The fraction of sp³-hybridized carbons (Fsp3) is 0.857. The molecule has 0 heterocycles. The average Bonchev–Trinajstić information content (AvgIpc) is 2.11. The number of hydrogen-bond donors (Lipinski definition) is 0. The highest BCUT2D eigenvalue weighted by molar-refractivity contribution is 5.76. The van der Waals surface area contributed by atoms with Crippen LogP contribution in [-0.2, 0) is 9.53 Å². The molecule has 0 saturated heterocycles. The van der Waals surface area contributed by atoms with Gasteiger partial charge in [-0.15, -0.1) is 0 Å². The van der Waals surface area contributed by atoms with Crippen LogP contribution in [0.25, 0.3) is 0 Å². The number of aldehydes is 1. The van der Waals surface area contributed by atoms with E-state index in [2.05, 4.69) is 0 Å². The summed E-state index contributed by atoms with van der Waals surface area (Å²) in [7, 11) is 1.61. The number of carbonyl (C=O) groups excluding carboxylic acids is 2. The van der Waals surface area contributed by atoms with Crippen molar-refractivity contribution >= 4 is 12.4 Å². The van der Waals surface area contributed by atoms with E-state index >= 15 is 0 Å². The molecule has 4 heteroatoms. The molecule has 1 atom stereocenters. The van der Waals surface area contributed by atoms with Crippen molar-refractivity contribution in [3.63, 3.8) is 0 Å². The van der Waals surface area contributed by atoms with Crippen LogP contribution in [0, 0.1) is 5.41 Å². The molecule has 0 aromatic rings. The van der Waals surface area contributed by atoms with Crippen molar-refractivity contribution in [2.45, 2.75) is 66.0 Å². The second-order valence-corrected chi connectivity index (χ2v) is 7.25. The fourth-order valence-corrected chi connectivity index (χ4v) is 1.85. The van der Waals surface area contributed by atoms with Crippen molar-refractivity contribution < 1.29 is 14.3 Å². The third kappa shape index (κ3) is 5.52. The molecule has 0 aromatic heterocycles. The summed E-state index contributed by atoms with van der Waals surface area (Å²) in [6.07, 6.45) is 0.933. The van der Waals surface area contributed by atoms with Gasteiger partial charge < -0.3 is 9.53 Å². The standard InChI is InChI=1S/C14H27NO3/c1-12(2,3)9-14(7,10-16)15(8)11(17)18-13(4,5)6/h10H,9H2,1-8H3. The molecule has 0 aromatic carbocycles. The summed E-state index contributed by atoms with van der Waals surface area (Å²) in [5.41, 5.74) is -1.45. The Bertz CT molecular complexity index is 312. The number of ether oxygens (including phenoxy) is 1. The van der Waals surface area contributed by atoms with Crippen LogP contribution >= 0.6 is 0 Å². The summed E-state index contributed by atoms with van der Waals surface area (Å²) < 4.78 is 5.29. The Kier molecular flexibility index (Phi) is 4.98. The van der Waals surface area contributed by atoms with Crippen molar-refractivity contribution in [2.24, 2.45) is 5.41 Å². The molecule has 18 heavy (non-hydrogen) atoms.